The lowest BCUT2D eigenvalue weighted by atomic mass is 10.1. The Hall–Kier alpha value is -2.33. The second kappa shape index (κ2) is 7.49. The van der Waals surface area contributed by atoms with Gasteiger partial charge in [-0.05, 0) is 37.1 Å². The second-order valence-corrected chi connectivity index (χ2v) is 6.22. The summed E-state index contributed by atoms with van der Waals surface area (Å²) in [4.78, 5) is 14.3. The van der Waals surface area contributed by atoms with Crippen LogP contribution in [0.1, 0.15) is 22.8 Å². The number of benzene rings is 2. The van der Waals surface area contributed by atoms with Crippen LogP contribution in [0.3, 0.4) is 0 Å². The number of rotatable bonds is 4. The number of morpholine rings is 1. The van der Waals surface area contributed by atoms with E-state index in [0.717, 1.165) is 16.9 Å². The first kappa shape index (κ1) is 16.5. The zero-order valence-corrected chi connectivity index (χ0v) is 14.2. The molecule has 4 heteroatoms. The molecule has 0 radical (unpaired) electrons. The van der Waals surface area contributed by atoms with E-state index in [1.165, 1.54) is 5.56 Å². The third-order valence-electron chi connectivity index (χ3n) is 4.22. The Labute approximate surface area is 143 Å². The van der Waals surface area contributed by atoms with Crippen molar-refractivity contribution >= 4 is 5.91 Å². The van der Waals surface area contributed by atoms with Gasteiger partial charge in [-0.15, -0.1) is 0 Å². The maximum Gasteiger partial charge on any atom is 0.260 e. The van der Waals surface area contributed by atoms with Crippen molar-refractivity contribution in [3.63, 3.8) is 0 Å². The summed E-state index contributed by atoms with van der Waals surface area (Å²) in [5.74, 6) is 0.726. The standard InChI is InChI=1S/C20H23NO3/c1-15-6-8-17(9-7-15)19-13-21(10-11-23-19)20(22)14-24-18-5-3-4-16(2)12-18/h3-9,12,19H,10-11,13-14H2,1-2H3. The van der Waals surface area contributed by atoms with Crippen LogP contribution in [0.25, 0.3) is 0 Å². The summed E-state index contributed by atoms with van der Waals surface area (Å²) in [6.45, 7) is 5.85. The lowest BCUT2D eigenvalue weighted by molar-refractivity contribution is -0.141. The summed E-state index contributed by atoms with van der Waals surface area (Å²) in [5.41, 5.74) is 3.44. The summed E-state index contributed by atoms with van der Waals surface area (Å²) in [7, 11) is 0. The first-order chi connectivity index (χ1) is 11.6. The molecule has 0 saturated carbocycles. The zero-order chi connectivity index (χ0) is 16.9. The van der Waals surface area contributed by atoms with Gasteiger partial charge in [-0.25, -0.2) is 0 Å². The molecule has 1 saturated heterocycles. The van der Waals surface area contributed by atoms with Crippen LogP contribution >= 0.6 is 0 Å². The fraction of sp³-hybridized carbons (Fsp3) is 0.350. The number of nitrogens with zero attached hydrogens (tertiary/aromatic N) is 1. The van der Waals surface area contributed by atoms with Gasteiger partial charge in [-0.1, -0.05) is 42.0 Å². The molecular formula is C20H23NO3. The number of hydrogen-bond acceptors (Lipinski definition) is 3. The van der Waals surface area contributed by atoms with Crippen LogP contribution in [-0.2, 0) is 9.53 Å². The highest BCUT2D eigenvalue weighted by atomic mass is 16.5. The summed E-state index contributed by atoms with van der Waals surface area (Å²) in [6, 6.07) is 16.0. The topological polar surface area (TPSA) is 38.8 Å². The molecule has 1 fully saturated rings. The summed E-state index contributed by atoms with van der Waals surface area (Å²) in [5, 5.41) is 0. The van der Waals surface area contributed by atoms with E-state index >= 15 is 0 Å². The second-order valence-electron chi connectivity index (χ2n) is 6.22. The van der Waals surface area contributed by atoms with Crippen LogP contribution in [-0.4, -0.2) is 37.1 Å². The normalized spacial score (nSPS) is 17.6. The first-order valence-corrected chi connectivity index (χ1v) is 8.27. The molecule has 126 valence electrons. The molecule has 0 N–H and O–H groups in total. The predicted octanol–water partition coefficient (Wildman–Crippen LogP) is 3.28. The minimum Gasteiger partial charge on any atom is -0.484 e. The van der Waals surface area contributed by atoms with Crippen molar-refractivity contribution in [1.82, 2.24) is 4.90 Å². The third kappa shape index (κ3) is 4.15. The van der Waals surface area contributed by atoms with Gasteiger partial charge in [0.1, 0.15) is 11.9 Å². The van der Waals surface area contributed by atoms with E-state index in [4.69, 9.17) is 9.47 Å². The Kier molecular flexibility index (Phi) is 5.16. The van der Waals surface area contributed by atoms with Crippen molar-refractivity contribution in [2.45, 2.75) is 20.0 Å². The molecule has 1 aliphatic rings. The van der Waals surface area contributed by atoms with Gasteiger partial charge in [0.15, 0.2) is 6.61 Å². The molecule has 4 nitrogen and oxygen atoms in total. The van der Waals surface area contributed by atoms with Crippen LogP contribution in [0, 0.1) is 13.8 Å². The SMILES string of the molecule is Cc1ccc(C2CN(C(=O)COc3cccc(C)c3)CCO2)cc1. The van der Waals surface area contributed by atoms with Crippen LogP contribution < -0.4 is 4.74 Å². The smallest absolute Gasteiger partial charge is 0.260 e. The molecule has 0 spiro atoms. The Morgan fingerprint density at radius 1 is 1.17 bits per heavy atom. The predicted molar refractivity (Wildman–Crippen MR) is 93.1 cm³/mol. The zero-order valence-electron chi connectivity index (χ0n) is 14.2. The van der Waals surface area contributed by atoms with E-state index in [2.05, 4.69) is 31.2 Å². The largest absolute Gasteiger partial charge is 0.484 e. The molecule has 2 aromatic carbocycles. The fourth-order valence-electron chi connectivity index (χ4n) is 2.80. The van der Waals surface area contributed by atoms with E-state index in [1.54, 1.807) is 0 Å². The lowest BCUT2D eigenvalue weighted by Gasteiger charge is -2.33. The summed E-state index contributed by atoms with van der Waals surface area (Å²) < 4.78 is 11.5. The number of hydrogen-bond donors (Lipinski definition) is 0. The molecule has 1 amide bonds. The van der Waals surface area contributed by atoms with E-state index in [9.17, 15) is 4.79 Å². The highest BCUT2D eigenvalue weighted by Gasteiger charge is 2.25. The Morgan fingerprint density at radius 3 is 2.71 bits per heavy atom. The number of aryl methyl sites for hydroxylation is 2. The Bertz CT molecular complexity index is 696. The molecule has 1 unspecified atom stereocenters. The molecule has 3 rings (SSSR count). The molecule has 1 atom stereocenters. The van der Waals surface area contributed by atoms with Gasteiger partial charge in [0.25, 0.3) is 5.91 Å². The molecule has 24 heavy (non-hydrogen) atoms. The van der Waals surface area contributed by atoms with Crippen LogP contribution in [0.15, 0.2) is 48.5 Å². The molecule has 0 aliphatic carbocycles. The van der Waals surface area contributed by atoms with E-state index in [0.29, 0.717) is 19.7 Å². The van der Waals surface area contributed by atoms with Crippen molar-refractivity contribution in [2.24, 2.45) is 0 Å². The van der Waals surface area contributed by atoms with Crippen molar-refractivity contribution in [3.05, 3.63) is 65.2 Å². The number of ether oxygens (including phenoxy) is 2. The highest BCUT2D eigenvalue weighted by Crippen LogP contribution is 2.23. The molecular weight excluding hydrogens is 302 g/mol. The number of carbonyl (C=O) groups excluding carboxylic acids is 1. The van der Waals surface area contributed by atoms with Crippen molar-refractivity contribution in [2.75, 3.05) is 26.3 Å². The average Bonchev–Trinajstić information content (AvgIpc) is 2.60. The average molecular weight is 325 g/mol. The first-order valence-electron chi connectivity index (χ1n) is 8.27. The minimum atomic E-state index is -0.0673. The number of carbonyl (C=O) groups is 1. The monoisotopic (exact) mass is 325 g/mol. The van der Waals surface area contributed by atoms with Gasteiger partial charge in [0.2, 0.25) is 0 Å². The van der Waals surface area contributed by atoms with Gasteiger partial charge in [0, 0.05) is 6.54 Å². The maximum atomic E-state index is 12.4. The molecule has 1 aliphatic heterocycles. The molecule has 0 aromatic heterocycles. The van der Waals surface area contributed by atoms with Gasteiger partial charge in [-0.3, -0.25) is 4.79 Å². The quantitative estimate of drug-likeness (QED) is 0.866. The summed E-state index contributed by atoms with van der Waals surface area (Å²) in [6.07, 6.45) is -0.0673. The van der Waals surface area contributed by atoms with E-state index in [1.807, 2.05) is 36.1 Å². The van der Waals surface area contributed by atoms with Gasteiger partial charge in [-0.2, -0.15) is 0 Å². The van der Waals surface area contributed by atoms with Crippen molar-refractivity contribution in [1.29, 1.82) is 0 Å². The highest BCUT2D eigenvalue weighted by molar-refractivity contribution is 5.78. The van der Waals surface area contributed by atoms with Crippen molar-refractivity contribution < 1.29 is 14.3 Å². The van der Waals surface area contributed by atoms with Crippen LogP contribution in [0.4, 0.5) is 0 Å². The minimum absolute atomic E-state index is 0.00285. The van der Waals surface area contributed by atoms with Crippen LogP contribution in [0.2, 0.25) is 0 Å². The molecule has 1 heterocycles. The molecule has 2 aromatic rings. The Morgan fingerprint density at radius 2 is 1.96 bits per heavy atom. The van der Waals surface area contributed by atoms with Crippen LogP contribution in [0.5, 0.6) is 5.75 Å². The lowest BCUT2D eigenvalue weighted by Crippen LogP contribution is -2.44. The van der Waals surface area contributed by atoms with E-state index < -0.39 is 0 Å². The number of amides is 1. The van der Waals surface area contributed by atoms with Gasteiger partial charge < -0.3 is 14.4 Å². The van der Waals surface area contributed by atoms with Gasteiger partial charge in [0.05, 0.1) is 13.2 Å². The summed E-state index contributed by atoms with van der Waals surface area (Å²) >= 11 is 0. The Balaban J connectivity index is 1.57. The molecule has 0 bridgehead atoms. The van der Waals surface area contributed by atoms with E-state index in [-0.39, 0.29) is 18.6 Å². The van der Waals surface area contributed by atoms with Gasteiger partial charge >= 0.3 is 0 Å². The third-order valence-corrected chi connectivity index (χ3v) is 4.22. The maximum absolute atomic E-state index is 12.4. The van der Waals surface area contributed by atoms with Crippen molar-refractivity contribution in [3.8, 4) is 5.75 Å². The fourth-order valence-corrected chi connectivity index (χ4v) is 2.80.